The van der Waals surface area contributed by atoms with Crippen molar-refractivity contribution in [3.63, 3.8) is 0 Å². The van der Waals surface area contributed by atoms with Crippen molar-refractivity contribution in [3.8, 4) is 0 Å². The summed E-state index contributed by atoms with van der Waals surface area (Å²) in [6.45, 7) is 5.71. The van der Waals surface area contributed by atoms with E-state index in [1.165, 1.54) is 0 Å². The Bertz CT molecular complexity index is 732. The largest absolute Gasteiger partial charge is 0.361 e. The maximum Gasteiger partial charge on any atom is 0.255 e. The molecule has 0 radical (unpaired) electrons. The molecule has 2 aromatic rings. The first-order valence-corrected chi connectivity index (χ1v) is 8.67. The van der Waals surface area contributed by atoms with Gasteiger partial charge in [0.1, 0.15) is 5.76 Å². The minimum absolute atomic E-state index is 0.0456. The van der Waals surface area contributed by atoms with Gasteiger partial charge in [0.15, 0.2) is 0 Å². The van der Waals surface area contributed by atoms with Crippen LogP contribution in [0.4, 0.5) is 0 Å². The maximum absolute atomic E-state index is 12.7. The molecule has 1 saturated heterocycles. The molecule has 24 heavy (non-hydrogen) atoms. The van der Waals surface area contributed by atoms with Gasteiger partial charge < -0.3 is 9.42 Å². The van der Waals surface area contributed by atoms with Crippen LogP contribution in [-0.4, -0.2) is 47.0 Å². The van der Waals surface area contributed by atoms with Crippen molar-refractivity contribution in [2.45, 2.75) is 19.9 Å². The second kappa shape index (κ2) is 7.55. The fraction of sp³-hybridized carbons (Fsp3) is 0.412. The van der Waals surface area contributed by atoms with Crippen LogP contribution in [0.25, 0.3) is 0 Å². The van der Waals surface area contributed by atoms with E-state index in [4.69, 9.17) is 27.7 Å². The third kappa shape index (κ3) is 4.09. The highest BCUT2D eigenvalue weighted by molar-refractivity contribution is 6.36. The van der Waals surface area contributed by atoms with E-state index < -0.39 is 0 Å². The van der Waals surface area contributed by atoms with Gasteiger partial charge in [-0.15, -0.1) is 0 Å². The summed E-state index contributed by atoms with van der Waals surface area (Å²) >= 11 is 12.1. The monoisotopic (exact) mass is 367 g/mol. The van der Waals surface area contributed by atoms with Crippen molar-refractivity contribution in [2.75, 3.05) is 26.2 Å². The van der Waals surface area contributed by atoms with Crippen LogP contribution in [0.3, 0.4) is 0 Å². The molecule has 0 bridgehead atoms. The zero-order valence-electron chi connectivity index (χ0n) is 13.5. The van der Waals surface area contributed by atoms with Gasteiger partial charge in [0.05, 0.1) is 16.3 Å². The van der Waals surface area contributed by atoms with Crippen LogP contribution in [-0.2, 0) is 6.54 Å². The van der Waals surface area contributed by atoms with Gasteiger partial charge in [-0.25, -0.2) is 0 Å². The van der Waals surface area contributed by atoms with E-state index in [1.807, 2.05) is 17.9 Å². The zero-order valence-corrected chi connectivity index (χ0v) is 15.0. The molecule has 0 spiro atoms. The minimum atomic E-state index is -0.0456. The van der Waals surface area contributed by atoms with E-state index in [2.05, 4.69) is 10.1 Å². The van der Waals surface area contributed by atoms with Crippen LogP contribution in [0.15, 0.2) is 28.8 Å². The molecule has 1 aromatic heterocycles. The normalized spacial score (nSPS) is 16.2. The second-order valence-electron chi connectivity index (χ2n) is 5.97. The summed E-state index contributed by atoms with van der Waals surface area (Å²) in [6, 6.07) is 6.93. The van der Waals surface area contributed by atoms with E-state index in [9.17, 15) is 4.79 Å². The molecular formula is C17H19Cl2N3O2. The number of nitrogens with zero attached hydrogens (tertiary/aromatic N) is 3. The molecule has 5 nitrogen and oxygen atoms in total. The molecule has 2 heterocycles. The third-order valence-corrected chi connectivity index (χ3v) is 4.65. The Hall–Kier alpha value is -1.56. The predicted molar refractivity (Wildman–Crippen MR) is 93.5 cm³/mol. The molecule has 1 aliphatic rings. The highest BCUT2D eigenvalue weighted by Gasteiger charge is 2.22. The predicted octanol–water partition coefficient (Wildman–Crippen LogP) is 3.64. The van der Waals surface area contributed by atoms with Gasteiger partial charge in [0, 0.05) is 43.8 Å². The Morgan fingerprint density at radius 2 is 2.04 bits per heavy atom. The van der Waals surface area contributed by atoms with Crippen LogP contribution in [0.2, 0.25) is 10.0 Å². The van der Waals surface area contributed by atoms with Crippen molar-refractivity contribution < 1.29 is 9.32 Å². The Morgan fingerprint density at radius 1 is 1.21 bits per heavy atom. The highest BCUT2D eigenvalue weighted by atomic mass is 35.5. The van der Waals surface area contributed by atoms with Crippen LogP contribution in [0, 0.1) is 6.92 Å². The van der Waals surface area contributed by atoms with Crippen molar-refractivity contribution in [1.82, 2.24) is 15.0 Å². The molecule has 3 rings (SSSR count). The number of hydrogen-bond acceptors (Lipinski definition) is 4. The van der Waals surface area contributed by atoms with Gasteiger partial charge in [-0.1, -0.05) is 28.4 Å². The van der Waals surface area contributed by atoms with E-state index >= 15 is 0 Å². The Labute approximate surface area is 151 Å². The molecule has 1 aromatic carbocycles. The molecule has 7 heteroatoms. The number of amides is 1. The van der Waals surface area contributed by atoms with E-state index in [0.29, 0.717) is 28.7 Å². The molecule has 0 N–H and O–H groups in total. The molecule has 0 aliphatic carbocycles. The summed E-state index contributed by atoms with van der Waals surface area (Å²) in [7, 11) is 0. The summed E-state index contributed by atoms with van der Waals surface area (Å²) in [5, 5.41) is 4.96. The van der Waals surface area contributed by atoms with Crippen molar-refractivity contribution >= 4 is 29.1 Å². The standard InChI is InChI=1S/C17H19Cl2N3O2/c1-12-9-14(20-24-12)11-21-5-2-6-22(8-7-21)17(23)15-4-3-13(18)10-16(15)19/h3-4,9-10H,2,5-8,11H2,1H3. The Morgan fingerprint density at radius 3 is 2.75 bits per heavy atom. The lowest BCUT2D eigenvalue weighted by atomic mass is 10.2. The lowest BCUT2D eigenvalue weighted by Crippen LogP contribution is -2.35. The first-order chi connectivity index (χ1) is 11.5. The molecule has 0 atom stereocenters. The van der Waals surface area contributed by atoms with Gasteiger partial charge in [-0.2, -0.15) is 0 Å². The molecular weight excluding hydrogens is 349 g/mol. The fourth-order valence-electron chi connectivity index (χ4n) is 2.89. The maximum atomic E-state index is 12.7. The number of rotatable bonds is 3. The van der Waals surface area contributed by atoms with Gasteiger partial charge in [0.2, 0.25) is 0 Å². The summed E-state index contributed by atoms with van der Waals surface area (Å²) in [4.78, 5) is 16.8. The number of carbonyl (C=O) groups excluding carboxylic acids is 1. The summed E-state index contributed by atoms with van der Waals surface area (Å²) in [6.07, 6.45) is 0.910. The van der Waals surface area contributed by atoms with Crippen LogP contribution < -0.4 is 0 Å². The van der Waals surface area contributed by atoms with E-state index in [-0.39, 0.29) is 5.91 Å². The highest BCUT2D eigenvalue weighted by Crippen LogP contribution is 2.23. The molecule has 1 fully saturated rings. The first kappa shape index (κ1) is 17.3. The first-order valence-electron chi connectivity index (χ1n) is 7.92. The van der Waals surface area contributed by atoms with E-state index in [0.717, 1.165) is 37.5 Å². The average Bonchev–Trinajstić information content (AvgIpc) is 2.80. The molecule has 1 amide bonds. The summed E-state index contributed by atoms with van der Waals surface area (Å²) < 4.78 is 5.11. The lowest BCUT2D eigenvalue weighted by molar-refractivity contribution is 0.0761. The number of aromatic nitrogens is 1. The fourth-order valence-corrected chi connectivity index (χ4v) is 3.38. The molecule has 1 aliphatic heterocycles. The van der Waals surface area contributed by atoms with Crippen LogP contribution >= 0.6 is 23.2 Å². The lowest BCUT2D eigenvalue weighted by Gasteiger charge is -2.22. The molecule has 0 unspecified atom stereocenters. The minimum Gasteiger partial charge on any atom is -0.361 e. The number of carbonyl (C=O) groups is 1. The SMILES string of the molecule is Cc1cc(CN2CCCN(C(=O)c3ccc(Cl)cc3Cl)CC2)no1. The van der Waals surface area contributed by atoms with Gasteiger partial charge in [-0.3, -0.25) is 9.69 Å². The third-order valence-electron chi connectivity index (χ3n) is 4.10. The number of benzene rings is 1. The van der Waals surface area contributed by atoms with Gasteiger partial charge in [-0.05, 0) is 31.5 Å². The topological polar surface area (TPSA) is 49.6 Å². The number of halogens is 2. The quantitative estimate of drug-likeness (QED) is 0.830. The van der Waals surface area contributed by atoms with Crippen LogP contribution in [0.1, 0.15) is 28.2 Å². The average molecular weight is 368 g/mol. The van der Waals surface area contributed by atoms with Crippen molar-refractivity contribution in [3.05, 3.63) is 51.3 Å². The summed E-state index contributed by atoms with van der Waals surface area (Å²) in [5.41, 5.74) is 1.43. The van der Waals surface area contributed by atoms with Gasteiger partial charge in [0.25, 0.3) is 5.91 Å². The molecule has 128 valence electrons. The second-order valence-corrected chi connectivity index (χ2v) is 6.82. The van der Waals surface area contributed by atoms with Gasteiger partial charge >= 0.3 is 0 Å². The van der Waals surface area contributed by atoms with Crippen LogP contribution in [0.5, 0.6) is 0 Å². The van der Waals surface area contributed by atoms with Crippen molar-refractivity contribution in [2.24, 2.45) is 0 Å². The zero-order chi connectivity index (χ0) is 17.1. The summed E-state index contributed by atoms with van der Waals surface area (Å²) in [5.74, 6) is 0.768. The van der Waals surface area contributed by atoms with E-state index in [1.54, 1.807) is 18.2 Å². The van der Waals surface area contributed by atoms with Crippen molar-refractivity contribution in [1.29, 1.82) is 0 Å². The smallest absolute Gasteiger partial charge is 0.255 e. The number of aryl methyl sites for hydroxylation is 1. The Kier molecular flexibility index (Phi) is 5.43. The number of hydrogen-bond donors (Lipinski definition) is 0. The Balaban J connectivity index is 1.63. The molecule has 0 saturated carbocycles.